The molecule has 0 aliphatic rings. The number of nitrogens with one attached hydrogen (secondary N) is 2. The van der Waals surface area contributed by atoms with Gasteiger partial charge in [0.1, 0.15) is 17.2 Å². The fourth-order valence-corrected chi connectivity index (χ4v) is 3.30. The van der Waals surface area contributed by atoms with Crippen LogP contribution in [0.5, 0.6) is 17.2 Å². The lowest BCUT2D eigenvalue weighted by Gasteiger charge is -2.10. The van der Waals surface area contributed by atoms with Crippen LogP contribution in [0.4, 0.5) is 16.5 Å². The monoisotopic (exact) mass is 399 g/mol. The Kier molecular flexibility index (Phi) is 6.33. The standard InChI is InChI=1S/C20H21N3O4S/c1-25-14-8-9-18(27-3)16(11-14)23-20-21-13(12-28-20)10-19(24)22-15-6-4-5-7-17(15)26-2/h4-9,11-12H,10H2,1-3H3,(H,21,23)(H,22,24). The van der Waals surface area contributed by atoms with E-state index in [1.807, 2.05) is 35.7 Å². The normalized spacial score (nSPS) is 10.2. The van der Waals surface area contributed by atoms with Gasteiger partial charge in [-0.2, -0.15) is 0 Å². The number of carbonyl (C=O) groups is 1. The van der Waals surface area contributed by atoms with Gasteiger partial charge in [-0.05, 0) is 24.3 Å². The minimum absolute atomic E-state index is 0.158. The van der Waals surface area contributed by atoms with E-state index >= 15 is 0 Å². The van der Waals surface area contributed by atoms with Gasteiger partial charge in [-0.25, -0.2) is 4.98 Å². The lowest BCUT2D eigenvalue weighted by molar-refractivity contribution is -0.115. The van der Waals surface area contributed by atoms with E-state index in [1.165, 1.54) is 11.3 Å². The number of hydrogen-bond donors (Lipinski definition) is 2. The number of nitrogens with zero attached hydrogens (tertiary/aromatic N) is 1. The average molecular weight is 399 g/mol. The van der Waals surface area contributed by atoms with Gasteiger partial charge in [-0.1, -0.05) is 12.1 Å². The molecule has 3 rings (SSSR count). The summed E-state index contributed by atoms with van der Waals surface area (Å²) in [5.41, 5.74) is 2.03. The van der Waals surface area contributed by atoms with Gasteiger partial charge in [0, 0.05) is 11.4 Å². The van der Waals surface area contributed by atoms with E-state index < -0.39 is 0 Å². The van der Waals surface area contributed by atoms with Crippen LogP contribution in [0.25, 0.3) is 0 Å². The zero-order valence-corrected chi connectivity index (χ0v) is 16.6. The highest BCUT2D eigenvalue weighted by molar-refractivity contribution is 7.13. The van der Waals surface area contributed by atoms with Crippen molar-refractivity contribution in [2.24, 2.45) is 0 Å². The number of para-hydroxylation sites is 2. The molecule has 1 amide bonds. The van der Waals surface area contributed by atoms with Crippen molar-refractivity contribution in [1.82, 2.24) is 4.98 Å². The minimum Gasteiger partial charge on any atom is -0.497 e. The smallest absolute Gasteiger partial charge is 0.230 e. The second-order valence-electron chi connectivity index (χ2n) is 5.76. The van der Waals surface area contributed by atoms with Crippen LogP contribution in [0.3, 0.4) is 0 Å². The van der Waals surface area contributed by atoms with Crippen LogP contribution >= 0.6 is 11.3 Å². The van der Waals surface area contributed by atoms with Gasteiger partial charge in [-0.15, -0.1) is 11.3 Å². The summed E-state index contributed by atoms with van der Waals surface area (Å²) in [4.78, 5) is 16.8. The summed E-state index contributed by atoms with van der Waals surface area (Å²) >= 11 is 1.41. The minimum atomic E-state index is -0.166. The van der Waals surface area contributed by atoms with Crippen LogP contribution in [0.1, 0.15) is 5.69 Å². The Morgan fingerprint density at radius 3 is 2.50 bits per heavy atom. The SMILES string of the molecule is COc1ccc(OC)c(Nc2nc(CC(=O)Nc3ccccc3OC)cs2)c1. The quantitative estimate of drug-likeness (QED) is 0.594. The van der Waals surface area contributed by atoms with Crippen LogP contribution in [0, 0.1) is 0 Å². The van der Waals surface area contributed by atoms with Crippen molar-refractivity contribution in [2.45, 2.75) is 6.42 Å². The summed E-state index contributed by atoms with van der Waals surface area (Å²) in [6, 6.07) is 12.7. The third-order valence-electron chi connectivity index (χ3n) is 3.92. The van der Waals surface area contributed by atoms with Crippen LogP contribution in [0.15, 0.2) is 47.8 Å². The van der Waals surface area contributed by atoms with Crippen LogP contribution < -0.4 is 24.8 Å². The molecule has 0 spiro atoms. The highest BCUT2D eigenvalue weighted by Crippen LogP contribution is 2.32. The van der Waals surface area contributed by atoms with E-state index in [9.17, 15) is 4.79 Å². The molecular formula is C20H21N3O4S. The first kappa shape index (κ1) is 19.5. The molecule has 2 aromatic carbocycles. The number of amides is 1. The van der Waals surface area contributed by atoms with E-state index in [2.05, 4.69) is 15.6 Å². The van der Waals surface area contributed by atoms with Crippen molar-refractivity contribution in [3.63, 3.8) is 0 Å². The number of aromatic nitrogens is 1. The summed E-state index contributed by atoms with van der Waals surface area (Å²) in [6.45, 7) is 0. The van der Waals surface area contributed by atoms with E-state index in [0.717, 1.165) is 5.69 Å². The number of methoxy groups -OCH3 is 3. The molecule has 0 radical (unpaired) electrons. The van der Waals surface area contributed by atoms with E-state index in [-0.39, 0.29) is 12.3 Å². The lowest BCUT2D eigenvalue weighted by Crippen LogP contribution is -2.15. The Hall–Kier alpha value is -3.26. The van der Waals surface area contributed by atoms with Crippen LogP contribution in [-0.2, 0) is 11.2 Å². The Labute approximate surface area is 167 Å². The Morgan fingerprint density at radius 2 is 1.75 bits per heavy atom. The topological polar surface area (TPSA) is 81.7 Å². The first-order valence-electron chi connectivity index (χ1n) is 8.49. The molecule has 1 heterocycles. The molecule has 0 saturated carbocycles. The van der Waals surface area contributed by atoms with Crippen LogP contribution in [-0.4, -0.2) is 32.2 Å². The third-order valence-corrected chi connectivity index (χ3v) is 4.73. The second kappa shape index (κ2) is 9.09. The summed E-state index contributed by atoms with van der Waals surface area (Å²) in [5.74, 6) is 1.82. The maximum atomic E-state index is 12.3. The summed E-state index contributed by atoms with van der Waals surface area (Å²) in [6.07, 6.45) is 0.158. The van der Waals surface area contributed by atoms with Crippen molar-refractivity contribution < 1.29 is 19.0 Å². The van der Waals surface area contributed by atoms with Gasteiger partial charge in [0.2, 0.25) is 5.91 Å². The molecule has 0 aliphatic heterocycles. The fraction of sp³-hybridized carbons (Fsp3) is 0.200. The Balaban J connectivity index is 1.67. The maximum absolute atomic E-state index is 12.3. The molecule has 0 aliphatic carbocycles. The predicted octanol–water partition coefficient (Wildman–Crippen LogP) is 4.09. The molecule has 28 heavy (non-hydrogen) atoms. The number of hydrogen-bond acceptors (Lipinski definition) is 7. The van der Waals surface area contributed by atoms with Crippen molar-refractivity contribution in [2.75, 3.05) is 32.0 Å². The Bertz CT molecular complexity index is 958. The molecule has 146 valence electrons. The van der Waals surface area contributed by atoms with Crippen molar-refractivity contribution in [1.29, 1.82) is 0 Å². The molecule has 0 unspecified atom stereocenters. The highest BCUT2D eigenvalue weighted by Gasteiger charge is 2.12. The number of thiazole rings is 1. The van der Waals surface area contributed by atoms with Crippen molar-refractivity contribution >= 4 is 33.8 Å². The van der Waals surface area contributed by atoms with Gasteiger partial charge in [0.15, 0.2) is 5.13 Å². The van der Waals surface area contributed by atoms with Gasteiger partial charge >= 0.3 is 0 Å². The highest BCUT2D eigenvalue weighted by atomic mass is 32.1. The largest absolute Gasteiger partial charge is 0.497 e. The number of benzene rings is 2. The first-order valence-corrected chi connectivity index (χ1v) is 9.37. The van der Waals surface area contributed by atoms with E-state index in [1.54, 1.807) is 33.5 Å². The maximum Gasteiger partial charge on any atom is 0.230 e. The molecule has 0 fully saturated rings. The van der Waals surface area contributed by atoms with E-state index in [4.69, 9.17) is 14.2 Å². The van der Waals surface area contributed by atoms with Gasteiger partial charge in [-0.3, -0.25) is 4.79 Å². The zero-order chi connectivity index (χ0) is 19.9. The molecule has 0 bridgehead atoms. The summed E-state index contributed by atoms with van der Waals surface area (Å²) in [5, 5.41) is 8.56. The van der Waals surface area contributed by atoms with Crippen LogP contribution in [0.2, 0.25) is 0 Å². The Morgan fingerprint density at radius 1 is 1.00 bits per heavy atom. The average Bonchev–Trinajstić information content (AvgIpc) is 3.14. The van der Waals surface area contributed by atoms with Gasteiger partial charge in [0.25, 0.3) is 0 Å². The molecule has 2 N–H and O–H groups in total. The van der Waals surface area contributed by atoms with E-state index in [0.29, 0.717) is 33.8 Å². The number of rotatable bonds is 8. The first-order chi connectivity index (χ1) is 13.6. The summed E-state index contributed by atoms with van der Waals surface area (Å²) < 4.78 is 15.9. The zero-order valence-electron chi connectivity index (χ0n) is 15.8. The molecular weight excluding hydrogens is 378 g/mol. The summed E-state index contributed by atoms with van der Waals surface area (Å²) in [7, 11) is 4.77. The number of anilines is 3. The van der Waals surface area contributed by atoms with Crippen molar-refractivity contribution in [3.8, 4) is 17.2 Å². The van der Waals surface area contributed by atoms with Crippen molar-refractivity contribution in [3.05, 3.63) is 53.5 Å². The molecule has 8 heteroatoms. The third kappa shape index (κ3) is 4.72. The molecule has 0 saturated heterocycles. The number of carbonyl (C=O) groups excluding carboxylic acids is 1. The number of ether oxygens (including phenoxy) is 3. The molecule has 1 aromatic heterocycles. The second-order valence-corrected chi connectivity index (χ2v) is 6.62. The van der Waals surface area contributed by atoms with Gasteiger partial charge in [0.05, 0.1) is 44.8 Å². The molecule has 0 atom stereocenters. The van der Waals surface area contributed by atoms with Gasteiger partial charge < -0.3 is 24.8 Å². The molecule has 7 nitrogen and oxygen atoms in total. The fourth-order valence-electron chi connectivity index (χ4n) is 2.58. The lowest BCUT2D eigenvalue weighted by atomic mass is 10.2. The molecule has 3 aromatic rings. The predicted molar refractivity (Wildman–Crippen MR) is 110 cm³/mol.